The Morgan fingerprint density at radius 2 is 1.79 bits per heavy atom. The molecule has 0 saturated heterocycles. The highest BCUT2D eigenvalue weighted by Crippen LogP contribution is 2.20. The highest BCUT2D eigenvalue weighted by molar-refractivity contribution is 7.89. The number of rotatable bonds is 7. The molecule has 4 N–H and O–H groups in total. The number of carboxylic acid groups (broad SMARTS) is 1. The van der Waals surface area contributed by atoms with Gasteiger partial charge in [0.25, 0.3) is 0 Å². The van der Waals surface area contributed by atoms with E-state index in [2.05, 4.69) is 15.0 Å². The highest BCUT2D eigenvalue weighted by Gasteiger charge is 2.26. The number of anilines is 1. The number of benzene rings is 2. The maximum atomic E-state index is 12.6. The van der Waals surface area contributed by atoms with Gasteiger partial charge in [-0.3, -0.25) is 9.59 Å². The number of hydrogen-bond donors (Lipinski definition) is 4. The van der Waals surface area contributed by atoms with Gasteiger partial charge in [0.2, 0.25) is 15.9 Å². The summed E-state index contributed by atoms with van der Waals surface area (Å²) < 4.78 is 27.4. The molecule has 0 fully saturated rings. The lowest BCUT2D eigenvalue weighted by atomic mass is 10.1. The van der Waals surface area contributed by atoms with Gasteiger partial charge in [-0.25, -0.2) is 8.42 Å². The molecular formula is C19H19N3O5S. The molecular weight excluding hydrogens is 382 g/mol. The maximum Gasteiger partial charge on any atom is 0.322 e. The van der Waals surface area contributed by atoms with Gasteiger partial charge in [0, 0.05) is 36.1 Å². The average Bonchev–Trinajstić information content (AvgIpc) is 3.04. The van der Waals surface area contributed by atoms with Crippen LogP contribution >= 0.6 is 0 Å². The SMILES string of the molecule is CC(=O)Nc1ccc(S(=O)(=O)N[C@@H](Cc2c[nH]c3ccccc23)C(=O)O)cc1. The van der Waals surface area contributed by atoms with Gasteiger partial charge in [0.1, 0.15) is 6.04 Å². The molecule has 1 amide bonds. The summed E-state index contributed by atoms with van der Waals surface area (Å²) >= 11 is 0. The molecule has 1 aromatic heterocycles. The van der Waals surface area contributed by atoms with Crippen LogP contribution in [0.5, 0.6) is 0 Å². The lowest BCUT2D eigenvalue weighted by Crippen LogP contribution is -2.42. The quantitative estimate of drug-likeness (QED) is 0.482. The number of aromatic nitrogens is 1. The third-order valence-electron chi connectivity index (χ3n) is 4.18. The molecule has 0 radical (unpaired) electrons. The number of hydrogen-bond acceptors (Lipinski definition) is 4. The van der Waals surface area contributed by atoms with Gasteiger partial charge in [-0.1, -0.05) is 18.2 Å². The summed E-state index contributed by atoms with van der Waals surface area (Å²) in [5, 5.41) is 12.9. The number of H-pyrrole nitrogens is 1. The van der Waals surface area contributed by atoms with Crippen molar-refractivity contribution in [3.63, 3.8) is 0 Å². The van der Waals surface area contributed by atoms with Crippen LogP contribution < -0.4 is 10.0 Å². The fourth-order valence-electron chi connectivity index (χ4n) is 2.88. The smallest absolute Gasteiger partial charge is 0.322 e. The predicted octanol–water partition coefficient (Wildman–Crippen LogP) is 2.10. The van der Waals surface area contributed by atoms with Gasteiger partial charge >= 0.3 is 5.97 Å². The van der Waals surface area contributed by atoms with Crippen LogP contribution in [-0.4, -0.2) is 36.4 Å². The topological polar surface area (TPSA) is 128 Å². The Morgan fingerprint density at radius 1 is 1.11 bits per heavy atom. The fourth-order valence-corrected chi connectivity index (χ4v) is 4.06. The van der Waals surface area contributed by atoms with E-state index >= 15 is 0 Å². The van der Waals surface area contributed by atoms with Gasteiger partial charge in [0.15, 0.2) is 0 Å². The third-order valence-corrected chi connectivity index (χ3v) is 5.67. The molecule has 1 atom stereocenters. The summed E-state index contributed by atoms with van der Waals surface area (Å²) in [6, 6.07) is 11.5. The summed E-state index contributed by atoms with van der Waals surface area (Å²) in [7, 11) is -4.06. The summed E-state index contributed by atoms with van der Waals surface area (Å²) in [4.78, 5) is 25.7. The van der Waals surface area contributed by atoms with Crippen molar-refractivity contribution < 1.29 is 23.1 Å². The number of nitrogens with one attached hydrogen (secondary N) is 3. The van der Waals surface area contributed by atoms with Crippen LogP contribution in [0.25, 0.3) is 10.9 Å². The first-order chi connectivity index (χ1) is 13.3. The minimum Gasteiger partial charge on any atom is -0.480 e. The zero-order valence-electron chi connectivity index (χ0n) is 15.0. The van der Waals surface area contributed by atoms with Gasteiger partial charge in [-0.05, 0) is 35.9 Å². The van der Waals surface area contributed by atoms with Crippen LogP contribution in [0.4, 0.5) is 5.69 Å². The largest absolute Gasteiger partial charge is 0.480 e. The number of sulfonamides is 1. The number of fused-ring (bicyclic) bond motifs is 1. The lowest BCUT2D eigenvalue weighted by Gasteiger charge is -2.15. The third kappa shape index (κ3) is 4.38. The van der Waals surface area contributed by atoms with Crippen molar-refractivity contribution in [1.29, 1.82) is 0 Å². The van der Waals surface area contributed by atoms with Crippen LogP contribution in [0.1, 0.15) is 12.5 Å². The first kappa shape index (κ1) is 19.6. The van der Waals surface area contributed by atoms with Gasteiger partial charge < -0.3 is 15.4 Å². The van der Waals surface area contributed by atoms with E-state index in [1.165, 1.54) is 31.2 Å². The van der Waals surface area contributed by atoms with Crippen molar-refractivity contribution in [2.45, 2.75) is 24.3 Å². The Bertz CT molecular complexity index is 1120. The van der Waals surface area contributed by atoms with E-state index in [9.17, 15) is 23.1 Å². The normalized spacial score (nSPS) is 12.6. The number of amides is 1. The number of aromatic amines is 1. The molecule has 28 heavy (non-hydrogen) atoms. The monoisotopic (exact) mass is 401 g/mol. The molecule has 0 aliphatic heterocycles. The van der Waals surface area contributed by atoms with Crippen molar-refractivity contribution in [1.82, 2.24) is 9.71 Å². The van der Waals surface area contributed by atoms with E-state index in [1.807, 2.05) is 24.3 Å². The molecule has 2 aromatic carbocycles. The zero-order chi connectivity index (χ0) is 20.3. The number of aliphatic carboxylic acids is 1. The van der Waals surface area contributed by atoms with Crippen LogP contribution in [0.2, 0.25) is 0 Å². The highest BCUT2D eigenvalue weighted by atomic mass is 32.2. The Labute approximate surface area is 161 Å². The van der Waals surface area contributed by atoms with Crippen LogP contribution in [0.15, 0.2) is 59.6 Å². The first-order valence-corrected chi connectivity index (χ1v) is 9.92. The molecule has 0 aliphatic carbocycles. The molecule has 3 aromatic rings. The molecule has 3 rings (SSSR count). The number of carbonyl (C=O) groups is 2. The minimum absolute atomic E-state index is 0.0114. The summed E-state index contributed by atoms with van der Waals surface area (Å²) in [6.45, 7) is 1.34. The Kier molecular flexibility index (Phi) is 5.48. The molecule has 146 valence electrons. The van der Waals surface area contributed by atoms with Gasteiger partial charge in [-0.15, -0.1) is 0 Å². The van der Waals surface area contributed by atoms with Crippen molar-refractivity contribution >= 4 is 38.5 Å². The fraction of sp³-hybridized carbons (Fsp3) is 0.158. The van der Waals surface area contributed by atoms with Crippen molar-refractivity contribution in [3.8, 4) is 0 Å². The van der Waals surface area contributed by atoms with Crippen LogP contribution in [0.3, 0.4) is 0 Å². The second-order valence-electron chi connectivity index (χ2n) is 6.28. The Balaban J connectivity index is 1.81. The zero-order valence-corrected chi connectivity index (χ0v) is 15.8. The van der Waals surface area contributed by atoms with Crippen molar-refractivity contribution in [3.05, 3.63) is 60.3 Å². The first-order valence-electron chi connectivity index (χ1n) is 8.44. The minimum atomic E-state index is -4.06. The number of carbonyl (C=O) groups excluding carboxylic acids is 1. The molecule has 1 heterocycles. The van der Waals surface area contributed by atoms with Gasteiger partial charge in [0.05, 0.1) is 4.90 Å². The lowest BCUT2D eigenvalue weighted by molar-refractivity contribution is -0.138. The maximum absolute atomic E-state index is 12.6. The summed E-state index contributed by atoms with van der Waals surface area (Å²) in [5.74, 6) is -1.55. The van der Waals surface area contributed by atoms with E-state index in [0.717, 1.165) is 10.9 Å². The van der Waals surface area contributed by atoms with Crippen molar-refractivity contribution in [2.24, 2.45) is 0 Å². The van der Waals surface area contributed by atoms with Crippen LogP contribution in [-0.2, 0) is 26.0 Å². The van der Waals surface area contributed by atoms with E-state index < -0.39 is 22.0 Å². The Morgan fingerprint density at radius 3 is 2.43 bits per heavy atom. The Hall–Kier alpha value is -3.17. The predicted molar refractivity (Wildman–Crippen MR) is 104 cm³/mol. The molecule has 8 nitrogen and oxygen atoms in total. The second kappa shape index (κ2) is 7.83. The molecule has 0 unspecified atom stereocenters. The molecule has 0 spiro atoms. The van der Waals surface area contributed by atoms with E-state index in [4.69, 9.17) is 0 Å². The summed E-state index contributed by atoms with van der Waals surface area (Å²) in [6.07, 6.45) is 1.67. The molecule has 0 bridgehead atoms. The number of para-hydroxylation sites is 1. The standard InChI is InChI=1S/C19H19N3O5S/c1-12(23)21-14-6-8-15(9-7-14)28(26,27)22-18(19(24)25)10-13-11-20-17-5-3-2-4-16(13)17/h2-9,11,18,20,22H,10H2,1H3,(H,21,23)(H,24,25)/t18-/m0/s1. The van der Waals surface area contributed by atoms with Crippen molar-refractivity contribution in [2.75, 3.05) is 5.32 Å². The molecule has 0 saturated carbocycles. The average molecular weight is 401 g/mol. The second-order valence-corrected chi connectivity index (χ2v) is 8.00. The van der Waals surface area contributed by atoms with E-state index in [0.29, 0.717) is 11.3 Å². The summed E-state index contributed by atoms with van der Waals surface area (Å²) in [5.41, 5.74) is 1.99. The number of carboxylic acids is 1. The van der Waals surface area contributed by atoms with E-state index in [-0.39, 0.29) is 17.2 Å². The van der Waals surface area contributed by atoms with Gasteiger partial charge in [-0.2, -0.15) is 4.72 Å². The molecule has 9 heteroatoms. The van der Waals surface area contributed by atoms with Crippen LogP contribution in [0, 0.1) is 0 Å². The molecule has 0 aliphatic rings. The van der Waals surface area contributed by atoms with E-state index in [1.54, 1.807) is 6.20 Å².